The Labute approximate surface area is 110 Å². The number of carbonyl (C=O) groups is 1. The molecule has 1 saturated carbocycles. The standard InChI is InChI=1S/C14H27NO3/c1-11(2)15-13(14(16)17)9-10-18-12-7-5-3-4-6-8-12/h11-13,15H,3-10H2,1-2H3,(H,16,17). The average molecular weight is 257 g/mol. The first-order valence-corrected chi connectivity index (χ1v) is 7.20. The highest BCUT2D eigenvalue weighted by Gasteiger charge is 2.19. The molecule has 0 saturated heterocycles. The summed E-state index contributed by atoms with van der Waals surface area (Å²) in [5.41, 5.74) is 0. The summed E-state index contributed by atoms with van der Waals surface area (Å²) in [5, 5.41) is 12.1. The Morgan fingerprint density at radius 3 is 2.39 bits per heavy atom. The molecule has 0 aromatic rings. The third-order valence-corrected chi connectivity index (χ3v) is 3.39. The van der Waals surface area contributed by atoms with Crippen molar-refractivity contribution in [2.45, 2.75) is 77.0 Å². The molecule has 0 radical (unpaired) electrons. The van der Waals surface area contributed by atoms with E-state index in [0.717, 1.165) is 12.8 Å². The van der Waals surface area contributed by atoms with Crippen molar-refractivity contribution in [3.63, 3.8) is 0 Å². The van der Waals surface area contributed by atoms with Gasteiger partial charge in [-0.05, 0) is 19.3 Å². The Kier molecular flexibility index (Phi) is 7.28. The zero-order valence-electron chi connectivity index (χ0n) is 11.7. The van der Waals surface area contributed by atoms with E-state index >= 15 is 0 Å². The quantitative estimate of drug-likeness (QED) is 0.688. The molecule has 0 heterocycles. The van der Waals surface area contributed by atoms with E-state index in [1.165, 1.54) is 25.7 Å². The maximum atomic E-state index is 11.1. The van der Waals surface area contributed by atoms with E-state index in [4.69, 9.17) is 9.84 Å². The van der Waals surface area contributed by atoms with Crippen molar-refractivity contribution >= 4 is 5.97 Å². The van der Waals surface area contributed by atoms with Crippen LogP contribution in [0.15, 0.2) is 0 Å². The summed E-state index contributed by atoms with van der Waals surface area (Å²) >= 11 is 0. The monoisotopic (exact) mass is 257 g/mol. The van der Waals surface area contributed by atoms with Gasteiger partial charge < -0.3 is 15.2 Å². The van der Waals surface area contributed by atoms with E-state index in [0.29, 0.717) is 19.1 Å². The second-order valence-corrected chi connectivity index (χ2v) is 5.49. The van der Waals surface area contributed by atoms with Crippen LogP contribution in [0.25, 0.3) is 0 Å². The molecule has 0 aliphatic heterocycles. The van der Waals surface area contributed by atoms with Crippen LogP contribution in [0.2, 0.25) is 0 Å². The van der Waals surface area contributed by atoms with E-state index in [1.807, 2.05) is 13.8 Å². The lowest BCUT2D eigenvalue weighted by atomic mass is 10.1. The smallest absolute Gasteiger partial charge is 0.320 e. The van der Waals surface area contributed by atoms with Crippen LogP contribution in [0.1, 0.15) is 58.8 Å². The van der Waals surface area contributed by atoms with Crippen LogP contribution in [0.5, 0.6) is 0 Å². The first kappa shape index (κ1) is 15.4. The third kappa shape index (κ3) is 6.36. The van der Waals surface area contributed by atoms with Gasteiger partial charge in [0.1, 0.15) is 6.04 Å². The van der Waals surface area contributed by atoms with Gasteiger partial charge in [-0.1, -0.05) is 39.5 Å². The van der Waals surface area contributed by atoms with Crippen molar-refractivity contribution in [1.29, 1.82) is 0 Å². The fraction of sp³-hybridized carbons (Fsp3) is 0.929. The molecule has 106 valence electrons. The van der Waals surface area contributed by atoms with Gasteiger partial charge in [0.25, 0.3) is 0 Å². The van der Waals surface area contributed by atoms with Crippen molar-refractivity contribution in [3.8, 4) is 0 Å². The SMILES string of the molecule is CC(C)NC(CCOC1CCCCCC1)C(=O)O. The normalized spacial score (nSPS) is 19.7. The number of ether oxygens (including phenoxy) is 1. The van der Waals surface area contributed by atoms with Crippen molar-refractivity contribution < 1.29 is 14.6 Å². The predicted octanol–water partition coefficient (Wildman–Crippen LogP) is 2.57. The summed E-state index contributed by atoms with van der Waals surface area (Å²) in [7, 11) is 0. The number of rotatable bonds is 7. The molecule has 0 aromatic carbocycles. The zero-order valence-corrected chi connectivity index (χ0v) is 11.7. The minimum Gasteiger partial charge on any atom is -0.480 e. The maximum Gasteiger partial charge on any atom is 0.320 e. The number of hydrogen-bond donors (Lipinski definition) is 2. The Bertz CT molecular complexity index is 235. The number of nitrogens with one attached hydrogen (secondary N) is 1. The van der Waals surface area contributed by atoms with Crippen molar-refractivity contribution in [1.82, 2.24) is 5.32 Å². The van der Waals surface area contributed by atoms with Crippen molar-refractivity contribution in [2.75, 3.05) is 6.61 Å². The van der Waals surface area contributed by atoms with Crippen LogP contribution in [0.4, 0.5) is 0 Å². The maximum absolute atomic E-state index is 11.1. The van der Waals surface area contributed by atoms with Gasteiger partial charge >= 0.3 is 5.97 Å². The first-order chi connectivity index (χ1) is 8.59. The van der Waals surface area contributed by atoms with Crippen LogP contribution in [-0.2, 0) is 9.53 Å². The number of aliphatic carboxylic acids is 1. The lowest BCUT2D eigenvalue weighted by Crippen LogP contribution is -2.41. The summed E-state index contributed by atoms with van der Waals surface area (Å²) in [6.07, 6.45) is 8.28. The average Bonchev–Trinajstić information content (AvgIpc) is 2.55. The first-order valence-electron chi connectivity index (χ1n) is 7.20. The Morgan fingerprint density at radius 1 is 1.28 bits per heavy atom. The summed E-state index contributed by atoms with van der Waals surface area (Å²) in [5.74, 6) is -0.784. The van der Waals surface area contributed by atoms with Crippen LogP contribution < -0.4 is 5.32 Å². The molecule has 1 atom stereocenters. The zero-order chi connectivity index (χ0) is 13.4. The van der Waals surface area contributed by atoms with Crippen LogP contribution in [-0.4, -0.2) is 35.9 Å². The molecular weight excluding hydrogens is 230 g/mol. The molecule has 1 rings (SSSR count). The van der Waals surface area contributed by atoms with Gasteiger partial charge in [0.05, 0.1) is 6.10 Å². The van der Waals surface area contributed by atoms with Gasteiger partial charge in [-0.2, -0.15) is 0 Å². The number of carboxylic acids is 1. The van der Waals surface area contributed by atoms with E-state index < -0.39 is 12.0 Å². The summed E-state index contributed by atoms with van der Waals surface area (Å²) in [6.45, 7) is 4.46. The molecule has 0 spiro atoms. The number of hydrogen-bond acceptors (Lipinski definition) is 3. The largest absolute Gasteiger partial charge is 0.480 e. The Morgan fingerprint density at radius 2 is 1.89 bits per heavy atom. The second-order valence-electron chi connectivity index (χ2n) is 5.49. The fourth-order valence-electron chi connectivity index (χ4n) is 2.44. The minimum absolute atomic E-state index is 0.184. The third-order valence-electron chi connectivity index (χ3n) is 3.39. The van der Waals surface area contributed by atoms with Crippen LogP contribution in [0, 0.1) is 0 Å². The molecule has 0 aromatic heterocycles. The highest BCUT2D eigenvalue weighted by molar-refractivity contribution is 5.73. The fourth-order valence-corrected chi connectivity index (χ4v) is 2.44. The molecule has 0 amide bonds. The second kappa shape index (κ2) is 8.48. The van der Waals surface area contributed by atoms with Crippen molar-refractivity contribution in [2.24, 2.45) is 0 Å². The van der Waals surface area contributed by atoms with Crippen molar-refractivity contribution in [3.05, 3.63) is 0 Å². The van der Waals surface area contributed by atoms with Gasteiger partial charge in [0.2, 0.25) is 0 Å². The molecule has 1 fully saturated rings. The van der Waals surface area contributed by atoms with E-state index in [9.17, 15) is 4.79 Å². The van der Waals surface area contributed by atoms with Gasteiger partial charge in [0, 0.05) is 12.6 Å². The molecule has 4 heteroatoms. The molecule has 18 heavy (non-hydrogen) atoms. The predicted molar refractivity (Wildman–Crippen MR) is 71.8 cm³/mol. The van der Waals surface area contributed by atoms with Crippen LogP contribution >= 0.6 is 0 Å². The Hall–Kier alpha value is -0.610. The topological polar surface area (TPSA) is 58.6 Å². The molecule has 0 bridgehead atoms. The summed E-state index contributed by atoms with van der Waals surface area (Å²) < 4.78 is 5.82. The summed E-state index contributed by atoms with van der Waals surface area (Å²) in [6, 6.07) is -0.306. The van der Waals surface area contributed by atoms with Gasteiger partial charge in [-0.25, -0.2) is 0 Å². The van der Waals surface area contributed by atoms with E-state index in [-0.39, 0.29) is 6.04 Å². The minimum atomic E-state index is -0.784. The molecule has 4 nitrogen and oxygen atoms in total. The molecule has 1 aliphatic rings. The Balaban J connectivity index is 2.22. The lowest BCUT2D eigenvalue weighted by Gasteiger charge is -2.20. The molecule has 1 aliphatic carbocycles. The van der Waals surface area contributed by atoms with Gasteiger partial charge in [-0.15, -0.1) is 0 Å². The van der Waals surface area contributed by atoms with Gasteiger partial charge in [-0.3, -0.25) is 4.79 Å². The highest BCUT2D eigenvalue weighted by Crippen LogP contribution is 2.19. The lowest BCUT2D eigenvalue weighted by molar-refractivity contribution is -0.140. The van der Waals surface area contributed by atoms with Gasteiger partial charge in [0.15, 0.2) is 0 Å². The number of carboxylic acid groups (broad SMARTS) is 1. The molecule has 2 N–H and O–H groups in total. The van der Waals surface area contributed by atoms with Crippen LogP contribution in [0.3, 0.4) is 0 Å². The van der Waals surface area contributed by atoms with E-state index in [2.05, 4.69) is 5.32 Å². The molecular formula is C14H27NO3. The summed E-state index contributed by atoms with van der Waals surface area (Å²) in [4.78, 5) is 11.1. The highest BCUT2D eigenvalue weighted by atomic mass is 16.5. The van der Waals surface area contributed by atoms with E-state index in [1.54, 1.807) is 0 Å². The molecule has 1 unspecified atom stereocenters.